The summed E-state index contributed by atoms with van der Waals surface area (Å²) in [5.74, 6) is 0.974. The van der Waals surface area contributed by atoms with Gasteiger partial charge in [0.1, 0.15) is 0 Å². The van der Waals surface area contributed by atoms with Gasteiger partial charge in [0, 0.05) is 24.7 Å². The molecule has 2 aliphatic carbocycles. The Balaban J connectivity index is 1.50. The van der Waals surface area contributed by atoms with Gasteiger partial charge in [0.25, 0.3) is 0 Å². The molecule has 1 saturated heterocycles. The number of rotatable bonds is 3. The molecule has 0 amide bonds. The highest BCUT2D eigenvalue weighted by molar-refractivity contribution is 4.91. The average Bonchev–Trinajstić information content (AvgIpc) is 2.98. The standard InChI is InChI=1S/C14H26N2/c1-11-4-7-14(9-11)16-8-2-3-13(10-16)15-12-5-6-12/h11-15H,2-10H2,1H3. The van der Waals surface area contributed by atoms with E-state index in [0.29, 0.717) is 0 Å². The molecule has 0 aromatic rings. The van der Waals surface area contributed by atoms with E-state index < -0.39 is 0 Å². The fourth-order valence-electron chi connectivity index (χ4n) is 3.57. The number of likely N-dealkylation sites (tertiary alicyclic amines) is 1. The molecular weight excluding hydrogens is 196 g/mol. The second-order valence-electron chi connectivity index (χ2n) is 6.35. The molecule has 2 nitrogen and oxygen atoms in total. The lowest BCUT2D eigenvalue weighted by atomic mass is 10.0. The third-order valence-electron chi connectivity index (χ3n) is 4.69. The van der Waals surface area contributed by atoms with Gasteiger partial charge in [-0.2, -0.15) is 0 Å². The van der Waals surface area contributed by atoms with Gasteiger partial charge in [-0.3, -0.25) is 4.90 Å². The van der Waals surface area contributed by atoms with E-state index in [0.717, 1.165) is 24.0 Å². The lowest BCUT2D eigenvalue weighted by molar-refractivity contribution is 0.136. The zero-order valence-corrected chi connectivity index (χ0v) is 10.6. The first-order valence-corrected chi connectivity index (χ1v) is 7.31. The van der Waals surface area contributed by atoms with Gasteiger partial charge in [-0.1, -0.05) is 6.92 Å². The Hall–Kier alpha value is -0.0800. The van der Waals surface area contributed by atoms with Crippen LogP contribution in [0, 0.1) is 5.92 Å². The van der Waals surface area contributed by atoms with E-state index in [1.54, 1.807) is 0 Å². The molecule has 0 bridgehead atoms. The Morgan fingerprint density at radius 2 is 1.88 bits per heavy atom. The molecule has 2 saturated carbocycles. The number of hydrogen-bond acceptors (Lipinski definition) is 2. The van der Waals surface area contributed by atoms with Crippen molar-refractivity contribution in [3.63, 3.8) is 0 Å². The summed E-state index contributed by atoms with van der Waals surface area (Å²) < 4.78 is 0. The summed E-state index contributed by atoms with van der Waals surface area (Å²) in [6, 6.07) is 2.60. The highest BCUT2D eigenvalue weighted by Gasteiger charge is 2.32. The van der Waals surface area contributed by atoms with Crippen molar-refractivity contribution in [3.05, 3.63) is 0 Å². The molecule has 3 rings (SSSR count). The molecule has 16 heavy (non-hydrogen) atoms. The summed E-state index contributed by atoms with van der Waals surface area (Å²) >= 11 is 0. The van der Waals surface area contributed by atoms with E-state index >= 15 is 0 Å². The summed E-state index contributed by atoms with van der Waals surface area (Å²) in [5, 5.41) is 3.82. The topological polar surface area (TPSA) is 15.3 Å². The minimum absolute atomic E-state index is 0.803. The summed E-state index contributed by atoms with van der Waals surface area (Å²) in [6.45, 7) is 5.11. The van der Waals surface area contributed by atoms with Crippen LogP contribution in [0.15, 0.2) is 0 Å². The molecule has 3 aliphatic rings. The molecule has 1 heterocycles. The second kappa shape index (κ2) is 4.66. The Morgan fingerprint density at radius 1 is 1.00 bits per heavy atom. The molecule has 0 aromatic heterocycles. The normalized spacial score (nSPS) is 41.4. The van der Waals surface area contributed by atoms with Crippen molar-refractivity contribution < 1.29 is 0 Å². The highest BCUT2D eigenvalue weighted by Crippen LogP contribution is 2.31. The first-order chi connectivity index (χ1) is 7.81. The third-order valence-corrected chi connectivity index (χ3v) is 4.69. The van der Waals surface area contributed by atoms with Gasteiger partial charge in [-0.15, -0.1) is 0 Å². The number of piperidine rings is 1. The molecule has 3 fully saturated rings. The molecule has 3 unspecified atom stereocenters. The summed E-state index contributed by atoms with van der Waals surface area (Å²) in [7, 11) is 0. The van der Waals surface area contributed by atoms with Crippen LogP contribution in [0.25, 0.3) is 0 Å². The van der Waals surface area contributed by atoms with Gasteiger partial charge in [0.05, 0.1) is 0 Å². The minimum Gasteiger partial charge on any atom is -0.310 e. The van der Waals surface area contributed by atoms with Crippen LogP contribution in [0.4, 0.5) is 0 Å². The van der Waals surface area contributed by atoms with Crippen LogP contribution in [-0.4, -0.2) is 36.1 Å². The van der Waals surface area contributed by atoms with Gasteiger partial charge in [0.15, 0.2) is 0 Å². The molecule has 92 valence electrons. The van der Waals surface area contributed by atoms with Crippen LogP contribution in [0.5, 0.6) is 0 Å². The SMILES string of the molecule is CC1CCC(N2CCCC(NC3CC3)C2)C1. The fraction of sp³-hybridized carbons (Fsp3) is 1.00. The van der Waals surface area contributed by atoms with Gasteiger partial charge < -0.3 is 5.32 Å². The van der Waals surface area contributed by atoms with Gasteiger partial charge in [-0.05, 0) is 57.4 Å². The van der Waals surface area contributed by atoms with Gasteiger partial charge in [-0.25, -0.2) is 0 Å². The Bertz CT molecular complexity index is 237. The van der Waals surface area contributed by atoms with Crippen LogP contribution in [0.3, 0.4) is 0 Å². The lowest BCUT2D eigenvalue weighted by Crippen LogP contribution is -2.49. The van der Waals surface area contributed by atoms with E-state index in [1.807, 2.05) is 0 Å². The largest absolute Gasteiger partial charge is 0.310 e. The first kappa shape index (κ1) is 11.0. The van der Waals surface area contributed by atoms with Crippen molar-refractivity contribution in [2.75, 3.05) is 13.1 Å². The van der Waals surface area contributed by atoms with Crippen molar-refractivity contribution in [2.45, 2.75) is 70.0 Å². The predicted molar refractivity (Wildman–Crippen MR) is 67.6 cm³/mol. The van der Waals surface area contributed by atoms with E-state index in [2.05, 4.69) is 17.1 Å². The van der Waals surface area contributed by atoms with Crippen molar-refractivity contribution in [1.29, 1.82) is 0 Å². The van der Waals surface area contributed by atoms with Crippen molar-refractivity contribution in [3.8, 4) is 0 Å². The first-order valence-electron chi connectivity index (χ1n) is 7.31. The lowest BCUT2D eigenvalue weighted by Gasteiger charge is -2.37. The summed E-state index contributed by atoms with van der Waals surface area (Å²) in [5.41, 5.74) is 0. The molecule has 0 spiro atoms. The molecule has 0 aromatic carbocycles. The van der Waals surface area contributed by atoms with Crippen molar-refractivity contribution >= 4 is 0 Å². The minimum atomic E-state index is 0.803. The maximum atomic E-state index is 3.82. The fourth-order valence-corrected chi connectivity index (χ4v) is 3.57. The maximum absolute atomic E-state index is 3.82. The number of nitrogens with zero attached hydrogens (tertiary/aromatic N) is 1. The van der Waals surface area contributed by atoms with E-state index in [-0.39, 0.29) is 0 Å². The number of hydrogen-bond donors (Lipinski definition) is 1. The Morgan fingerprint density at radius 3 is 2.56 bits per heavy atom. The molecule has 1 N–H and O–H groups in total. The smallest absolute Gasteiger partial charge is 0.0198 e. The van der Waals surface area contributed by atoms with Crippen molar-refractivity contribution in [1.82, 2.24) is 10.2 Å². The van der Waals surface area contributed by atoms with Crippen LogP contribution >= 0.6 is 0 Å². The van der Waals surface area contributed by atoms with Crippen LogP contribution in [-0.2, 0) is 0 Å². The Labute approximate surface area is 99.8 Å². The van der Waals surface area contributed by atoms with E-state index in [4.69, 9.17) is 0 Å². The molecule has 3 atom stereocenters. The quantitative estimate of drug-likeness (QED) is 0.789. The van der Waals surface area contributed by atoms with E-state index in [1.165, 1.54) is 58.0 Å². The molecular formula is C14H26N2. The van der Waals surface area contributed by atoms with E-state index in [9.17, 15) is 0 Å². The zero-order valence-electron chi connectivity index (χ0n) is 10.6. The third kappa shape index (κ3) is 2.60. The Kier molecular flexibility index (Phi) is 3.21. The van der Waals surface area contributed by atoms with Crippen LogP contribution in [0.2, 0.25) is 0 Å². The van der Waals surface area contributed by atoms with Crippen LogP contribution in [0.1, 0.15) is 51.9 Å². The van der Waals surface area contributed by atoms with Gasteiger partial charge in [0.2, 0.25) is 0 Å². The highest BCUT2D eigenvalue weighted by atomic mass is 15.2. The zero-order chi connectivity index (χ0) is 11.0. The molecule has 2 heteroatoms. The maximum Gasteiger partial charge on any atom is 0.0198 e. The molecule has 1 aliphatic heterocycles. The average molecular weight is 222 g/mol. The van der Waals surface area contributed by atoms with Crippen LogP contribution < -0.4 is 5.32 Å². The summed E-state index contributed by atoms with van der Waals surface area (Å²) in [4.78, 5) is 2.78. The monoisotopic (exact) mass is 222 g/mol. The predicted octanol–water partition coefficient (Wildman–Crippen LogP) is 2.39. The second-order valence-corrected chi connectivity index (χ2v) is 6.35. The molecule has 0 radical (unpaired) electrons. The van der Waals surface area contributed by atoms with Crippen molar-refractivity contribution in [2.24, 2.45) is 5.92 Å². The number of nitrogens with one attached hydrogen (secondary N) is 1. The summed E-state index contributed by atoms with van der Waals surface area (Å²) in [6.07, 6.45) is 10.0. The van der Waals surface area contributed by atoms with Gasteiger partial charge >= 0.3 is 0 Å².